The van der Waals surface area contributed by atoms with Gasteiger partial charge in [-0.3, -0.25) is 0 Å². The highest BCUT2D eigenvalue weighted by Gasteiger charge is 2.13. The molecule has 2 nitrogen and oxygen atoms in total. The van der Waals surface area contributed by atoms with Gasteiger partial charge in [-0.15, -0.1) is 5.10 Å². The van der Waals surface area contributed by atoms with E-state index in [4.69, 9.17) is 0 Å². The van der Waals surface area contributed by atoms with Gasteiger partial charge in [-0.2, -0.15) is 5.10 Å². The molecule has 0 aliphatic heterocycles. The molecule has 0 N–H and O–H groups in total. The zero-order valence-corrected chi connectivity index (χ0v) is 8.51. The lowest BCUT2D eigenvalue weighted by molar-refractivity contribution is 0.583. The number of hydrogen-bond acceptors (Lipinski definition) is 2. The summed E-state index contributed by atoms with van der Waals surface area (Å²) in [7, 11) is 0. The molecule has 0 radical (unpaired) electrons. The van der Waals surface area contributed by atoms with E-state index in [-0.39, 0.29) is 5.41 Å². The number of aromatic nitrogens is 2. The Kier molecular flexibility index (Phi) is 2.28. The van der Waals surface area contributed by atoms with E-state index in [0.717, 1.165) is 4.60 Å². The van der Waals surface area contributed by atoms with Gasteiger partial charge in [0.1, 0.15) is 4.60 Å². The fraction of sp³-hybridized carbons (Fsp3) is 0.500. The van der Waals surface area contributed by atoms with Crippen LogP contribution in [0, 0.1) is 0 Å². The molecule has 0 aromatic carbocycles. The average molecular weight is 215 g/mol. The average Bonchev–Trinajstić information content (AvgIpc) is 1.86. The Morgan fingerprint density at radius 2 is 2.00 bits per heavy atom. The minimum absolute atomic E-state index is 0.151. The van der Waals surface area contributed by atoms with Gasteiger partial charge in [-0.05, 0) is 33.0 Å². The molecule has 3 heteroatoms. The van der Waals surface area contributed by atoms with Crippen molar-refractivity contribution in [2.75, 3.05) is 0 Å². The van der Waals surface area contributed by atoms with Gasteiger partial charge < -0.3 is 0 Å². The lowest BCUT2D eigenvalue weighted by Crippen LogP contribution is -2.11. The fourth-order valence-electron chi connectivity index (χ4n) is 0.751. The zero-order valence-electron chi connectivity index (χ0n) is 6.93. The summed E-state index contributed by atoms with van der Waals surface area (Å²) in [5.41, 5.74) is 1.35. The van der Waals surface area contributed by atoms with Crippen LogP contribution in [-0.2, 0) is 5.41 Å². The summed E-state index contributed by atoms with van der Waals surface area (Å²) < 4.78 is 0.796. The van der Waals surface area contributed by atoms with Gasteiger partial charge in [0.05, 0.1) is 6.20 Å². The Balaban J connectivity index is 3.06. The van der Waals surface area contributed by atoms with Crippen molar-refractivity contribution in [3.05, 3.63) is 22.4 Å². The Hall–Kier alpha value is -0.440. The monoisotopic (exact) mass is 214 g/mol. The Morgan fingerprint density at radius 1 is 1.36 bits per heavy atom. The highest BCUT2D eigenvalue weighted by Crippen LogP contribution is 2.22. The van der Waals surface area contributed by atoms with Crippen LogP contribution in [0.1, 0.15) is 26.3 Å². The molecule has 60 valence electrons. The van der Waals surface area contributed by atoms with Crippen LogP contribution < -0.4 is 0 Å². The molecule has 0 spiro atoms. The SMILES string of the molecule is CC(C)(C)c1cnnc(Br)c1. The van der Waals surface area contributed by atoms with Crippen molar-refractivity contribution >= 4 is 15.9 Å². The van der Waals surface area contributed by atoms with Gasteiger partial charge >= 0.3 is 0 Å². The second-order valence-electron chi connectivity index (χ2n) is 3.52. The normalized spacial score (nSPS) is 11.6. The molecule has 1 aromatic heterocycles. The molecule has 0 aliphatic rings. The topological polar surface area (TPSA) is 25.8 Å². The molecule has 0 atom stereocenters. The van der Waals surface area contributed by atoms with E-state index in [1.165, 1.54) is 5.56 Å². The van der Waals surface area contributed by atoms with E-state index in [2.05, 4.69) is 46.9 Å². The van der Waals surface area contributed by atoms with Crippen molar-refractivity contribution in [1.82, 2.24) is 10.2 Å². The van der Waals surface area contributed by atoms with Gasteiger partial charge in [0.25, 0.3) is 0 Å². The Labute approximate surface area is 75.2 Å². The predicted molar refractivity (Wildman–Crippen MR) is 48.4 cm³/mol. The minimum atomic E-state index is 0.151. The first-order chi connectivity index (χ1) is 5.00. The molecular formula is C8H11BrN2. The van der Waals surface area contributed by atoms with Crippen molar-refractivity contribution in [1.29, 1.82) is 0 Å². The summed E-state index contributed by atoms with van der Waals surface area (Å²) in [4.78, 5) is 0. The van der Waals surface area contributed by atoms with Crippen LogP contribution >= 0.6 is 15.9 Å². The molecule has 0 saturated heterocycles. The van der Waals surface area contributed by atoms with Crippen LogP contribution in [-0.4, -0.2) is 10.2 Å². The lowest BCUT2D eigenvalue weighted by Gasteiger charge is -2.17. The van der Waals surface area contributed by atoms with Crippen molar-refractivity contribution in [2.45, 2.75) is 26.2 Å². The molecule has 0 saturated carbocycles. The summed E-state index contributed by atoms with van der Waals surface area (Å²) in [6, 6.07) is 1.99. The summed E-state index contributed by atoms with van der Waals surface area (Å²) in [6.07, 6.45) is 1.80. The summed E-state index contributed by atoms with van der Waals surface area (Å²) in [6.45, 7) is 6.45. The lowest BCUT2D eigenvalue weighted by atomic mass is 9.89. The van der Waals surface area contributed by atoms with E-state index in [1.807, 2.05) is 6.07 Å². The standard InChI is InChI=1S/C8H11BrN2/c1-8(2,3)6-4-7(9)11-10-5-6/h4-5H,1-3H3. The number of halogens is 1. The second-order valence-corrected chi connectivity index (χ2v) is 4.33. The van der Waals surface area contributed by atoms with E-state index in [9.17, 15) is 0 Å². The molecule has 0 amide bonds. The van der Waals surface area contributed by atoms with E-state index in [1.54, 1.807) is 6.20 Å². The molecule has 0 aliphatic carbocycles. The smallest absolute Gasteiger partial charge is 0.129 e. The molecule has 0 unspecified atom stereocenters. The first kappa shape index (κ1) is 8.65. The third kappa shape index (κ3) is 2.26. The maximum absolute atomic E-state index is 3.85. The summed E-state index contributed by atoms with van der Waals surface area (Å²) in [5.74, 6) is 0. The van der Waals surface area contributed by atoms with Crippen LogP contribution in [0.25, 0.3) is 0 Å². The van der Waals surface area contributed by atoms with Crippen LogP contribution in [0.3, 0.4) is 0 Å². The fourth-order valence-corrected chi connectivity index (χ4v) is 1.09. The van der Waals surface area contributed by atoms with Crippen LogP contribution in [0.4, 0.5) is 0 Å². The maximum atomic E-state index is 3.85. The van der Waals surface area contributed by atoms with Crippen LogP contribution in [0.15, 0.2) is 16.9 Å². The van der Waals surface area contributed by atoms with Crippen molar-refractivity contribution < 1.29 is 0 Å². The van der Waals surface area contributed by atoms with Crippen LogP contribution in [0.2, 0.25) is 0 Å². The molecular weight excluding hydrogens is 204 g/mol. The zero-order chi connectivity index (χ0) is 8.48. The van der Waals surface area contributed by atoms with Gasteiger partial charge in [-0.1, -0.05) is 20.8 Å². The van der Waals surface area contributed by atoms with Crippen LogP contribution in [0.5, 0.6) is 0 Å². The van der Waals surface area contributed by atoms with Gasteiger partial charge in [-0.25, -0.2) is 0 Å². The quantitative estimate of drug-likeness (QED) is 0.664. The number of nitrogens with zero attached hydrogens (tertiary/aromatic N) is 2. The largest absolute Gasteiger partial charge is 0.158 e. The molecule has 1 rings (SSSR count). The minimum Gasteiger partial charge on any atom is -0.158 e. The third-order valence-corrected chi connectivity index (χ3v) is 1.88. The number of rotatable bonds is 0. The maximum Gasteiger partial charge on any atom is 0.129 e. The van der Waals surface area contributed by atoms with Crippen molar-refractivity contribution in [3.63, 3.8) is 0 Å². The molecule has 1 aromatic rings. The van der Waals surface area contributed by atoms with Crippen molar-refractivity contribution in [2.24, 2.45) is 0 Å². The third-order valence-electron chi connectivity index (χ3n) is 1.49. The van der Waals surface area contributed by atoms with E-state index < -0.39 is 0 Å². The van der Waals surface area contributed by atoms with Gasteiger partial charge in [0.2, 0.25) is 0 Å². The predicted octanol–water partition coefficient (Wildman–Crippen LogP) is 2.54. The summed E-state index contributed by atoms with van der Waals surface area (Å²) >= 11 is 3.28. The molecule has 0 fully saturated rings. The van der Waals surface area contributed by atoms with E-state index in [0.29, 0.717) is 0 Å². The molecule has 0 bridgehead atoms. The molecule has 11 heavy (non-hydrogen) atoms. The highest BCUT2D eigenvalue weighted by molar-refractivity contribution is 9.10. The van der Waals surface area contributed by atoms with Gasteiger partial charge in [0, 0.05) is 0 Å². The first-order valence-corrected chi connectivity index (χ1v) is 4.28. The Bertz CT molecular complexity index is 253. The second kappa shape index (κ2) is 2.89. The summed E-state index contributed by atoms with van der Waals surface area (Å²) in [5, 5.41) is 7.67. The first-order valence-electron chi connectivity index (χ1n) is 3.49. The Morgan fingerprint density at radius 3 is 2.36 bits per heavy atom. The van der Waals surface area contributed by atoms with Gasteiger partial charge in [0.15, 0.2) is 0 Å². The molecule has 1 heterocycles. The number of hydrogen-bond donors (Lipinski definition) is 0. The van der Waals surface area contributed by atoms with Crippen molar-refractivity contribution in [3.8, 4) is 0 Å². The van der Waals surface area contributed by atoms with E-state index >= 15 is 0 Å². The highest BCUT2D eigenvalue weighted by atomic mass is 79.9.